The minimum Gasteiger partial charge on any atom is -0.273 e. The van der Waals surface area contributed by atoms with Gasteiger partial charge in [0.15, 0.2) is 5.69 Å². The van der Waals surface area contributed by atoms with Gasteiger partial charge in [-0.05, 0) is 28.8 Å². The van der Waals surface area contributed by atoms with Crippen LogP contribution in [0.4, 0.5) is 0 Å². The van der Waals surface area contributed by atoms with Gasteiger partial charge in [-0.15, -0.1) is 0 Å². The molecule has 0 unspecified atom stereocenters. The van der Waals surface area contributed by atoms with Crippen LogP contribution >= 0.6 is 0 Å². The summed E-state index contributed by atoms with van der Waals surface area (Å²) < 4.78 is 1.34. The molecular formula is C26H26N4O3. The van der Waals surface area contributed by atoms with Gasteiger partial charge in [-0.3, -0.25) is 25.2 Å². The van der Waals surface area contributed by atoms with E-state index in [4.69, 9.17) is 0 Å². The van der Waals surface area contributed by atoms with E-state index in [9.17, 15) is 14.4 Å². The zero-order valence-corrected chi connectivity index (χ0v) is 18.5. The van der Waals surface area contributed by atoms with E-state index >= 15 is 0 Å². The molecule has 2 N–H and O–H groups in total. The molecule has 0 atom stereocenters. The van der Waals surface area contributed by atoms with Gasteiger partial charge in [0.1, 0.15) is 0 Å². The number of unbranched alkanes of at least 4 members (excludes halogenated alkanes) is 2. The number of nitrogens with one attached hydrogen (secondary N) is 2. The van der Waals surface area contributed by atoms with Crippen molar-refractivity contribution in [2.45, 2.75) is 39.2 Å². The second-order valence-corrected chi connectivity index (χ2v) is 7.95. The number of carbonyl (C=O) groups excluding carboxylic acids is 2. The molecule has 0 aliphatic rings. The number of aromatic nitrogens is 2. The Morgan fingerprint density at radius 1 is 0.848 bits per heavy atom. The fourth-order valence-corrected chi connectivity index (χ4v) is 3.92. The Hall–Kier alpha value is -4.00. The third-order valence-corrected chi connectivity index (χ3v) is 5.60. The predicted molar refractivity (Wildman–Crippen MR) is 129 cm³/mol. The van der Waals surface area contributed by atoms with E-state index in [1.807, 2.05) is 42.5 Å². The van der Waals surface area contributed by atoms with Crippen LogP contribution in [-0.2, 0) is 17.8 Å². The average Bonchev–Trinajstić information content (AvgIpc) is 2.84. The number of amides is 2. The lowest BCUT2D eigenvalue weighted by molar-refractivity contribution is -0.121. The van der Waals surface area contributed by atoms with Gasteiger partial charge in [0, 0.05) is 11.9 Å². The molecule has 0 fully saturated rings. The largest absolute Gasteiger partial charge is 0.290 e. The quantitative estimate of drug-likeness (QED) is 0.337. The summed E-state index contributed by atoms with van der Waals surface area (Å²) in [5.74, 6) is -0.915. The second-order valence-electron chi connectivity index (χ2n) is 7.95. The first-order chi connectivity index (χ1) is 16.1. The first-order valence-electron chi connectivity index (χ1n) is 11.1. The third-order valence-electron chi connectivity index (χ3n) is 5.60. The molecule has 3 aromatic carbocycles. The van der Waals surface area contributed by atoms with Crippen LogP contribution < -0.4 is 16.4 Å². The van der Waals surface area contributed by atoms with Crippen LogP contribution in [0.25, 0.3) is 21.5 Å². The highest BCUT2D eigenvalue weighted by atomic mass is 16.2. The fourth-order valence-electron chi connectivity index (χ4n) is 3.92. The van der Waals surface area contributed by atoms with E-state index < -0.39 is 5.91 Å². The molecule has 4 aromatic rings. The van der Waals surface area contributed by atoms with Crippen LogP contribution in [0.15, 0.2) is 71.5 Å². The Balaban J connectivity index is 1.52. The normalized spacial score (nSPS) is 10.9. The van der Waals surface area contributed by atoms with Crippen LogP contribution in [0.3, 0.4) is 0 Å². The zero-order chi connectivity index (χ0) is 23.2. The van der Waals surface area contributed by atoms with Crippen molar-refractivity contribution in [3.8, 4) is 0 Å². The Kier molecular flexibility index (Phi) is 6.78. The molecule has 168 valence electrons. The van der Waals surface area contributed by atoms with Gasteiger partial charge in [0.25, 0.3) is 11.5 Å². The maximum Gasteiger partial charge on any atom is 0.290 e. The number of hydrogen-bond acceptors (Lipinski definition) is 4. The Labute approximate surface area is 191 Å². The minimum atomic E-state index is -0.568. The van der Waals surface area contributed by atoms with Crippen molar-refractivity contribution in [3.05, 3.63) is 88.3 Å². The maximum absolute atomic E-state index is 12.9. The second kappa shape index (κ2) is 10.1. The summed E-state index contributed by atoms with van der Waals surface area (Å²) in [4.78, 5) is 38.2. The van der Waals surface area contributed by atoms with Gasteiger partial charge in [0.2, 0.25) is 5.91 Å². The lowest BCUT2D eigenvalue weighted by Gasteiger charge is -2.12. The Morgan fingerprint density at radius 2 is 1.55 bits per heavy atom. The lowest BCUT2D eigenvalue weighted by atomic mass is 10.0. The number of aryl methyl sites for hydroxylation is 1. The molecule has 0 saturated heterocycles. The third kappa shape index (κ3) is 4.92. The number of carbonyl (C=O) groups is 2. The molecule has 0 radical (unpaired) electrons. The van der Waals surface area contributed by atoms with Gasteiger partial charge in [-0.1, -0.05) is 80.4 Å². The topological polar surface area (TPSA) is 93.1 Å². The maximum atomic E-state index is 12.9. The number of nitrogens with zero attached hydrogens (tertiary/aromatic N) is 2. The van der Waals surface area contributed by atoms with Crippen molar-refractivity contribution >= 4 is 33.4 Å². The fraction of sp³-hybridized carbons (Fsp3) is 0.231. The Bertz CT molecular complexity index is 1370. The summed E-state index contributed by atoms with van der Waals surface area (Å²) in [7, 11) is 0. The van der Waals surface area contributed by atoms with Crippen LogP contribution in [0, 0.1) is 0 Å². The molecule has 2 amide bonds. The van der Waals surface area contributed by atoms with E-state index in [2.05, 4.69) is 22.9 Å². The Morgan fingerprint density at radius 3 is 2.33 bits per heavy atom. The number of rotatable bonds is 7. The molecule has 1 heterocycles. The van der Waals surface area contributed by atoms with Gasteiger partial charge >= 0.3 is 0 Å². The highest BCUT2D eigenvalue weighted by Gasteiger charge is 2.17. The van der Waals surface area contributed by atoms with E-state index in [1.54, 1.807) is 24.3 Å². The smallest absolute Gasteiger partial charge is 0.273 e. The molecule has 7 heteroatoms. The van der Waals surface area contributed by atoms with E-state index in [0.29, 0.717) is 17.3 Å². The van der Waals surface area contributed by atoms with Gasteiger partial charge in [-0.25, -0.2) is 4.68 Å². The summed E-state index contributed by atoms with van der Waals surface area (Å²) in [5, 5.41) is 7.24. The van der Waals surface area contributed by atoms with Crippen molar-refractivity contribution in [1.82, 2.24) is 20.6 Å². The summed E-state index contributed by atoms with van der Waals surface area (Å²) in [6, 6.07) is 20.5. The van der Waals surface area contributed by atoms with E-state index in [0.717, 1.165) is 35.6 Å². The summed E-state index contributed by atoms with van der Waals surface area (Å²) in [5.41, 5.74) is 5.68. The summed E-state index contributed by atoms with van der Waals surface area (Å²) in [6.45, 7) is 2.52. The summed E-state index contributed by atoms with van der Waals surface area (Å²) in [6.07, 6.45) is 2.89. The molecular weight excluding hydrogens is 416 g/mol. The van der Waals surface area contributed by atoms with Gasteiger partial charge < -0.3 is 0 Å². The van der Waals surface area contributed by atoms with Crippen LogP contribution in [0.1, 0.15) is 42.2 Å². The van der Waals surface area contributed by atoms with Crippen molar-refractivity contribution in [1.29, 1.82) is 0 Å². The monoisotopic (exact) mass is 442 g/mol. The molecule has 0 saturated carbocycles. The van der Waals surface area contributed by atoms with Crippen LogP contribution in [0.5, 0.6) is 0 Å². The van der Waals surface area contributed by atoms with Crippen LogP contribution in [0.2, 0.25) is 0 Å². The SMILES string of the molecule is CCCCCn1nc(C(=O)NNC(=O)Cc2cccc3ccccc23)c2ccccc2c1=O. The highest BCUT2D eigenvalue weighted by molar-refractivity contribution is 6.05. The van der Waals surface area contributed by atoms with E-state index in [-0.39, 0.29) is 23.6 Å². The molecule has 1 aromatic heterocycles. The summed E-state index contributed by atoms with van der Waals surface area (Å²) >= 11 is 0. The van der Waals surface area contributed by atoms with Crippen molar-refractivity contribution in [2.24, 2.45) is 0 Å². The molecule has 7 nitrogen and oxygen atoms in total. The first kappa shape index (κ1) is 22.2. The molecule has 0 aliphatic heterocycles. The number of benzene rings is 3. The highest BCUT2D eigenvalue weighted by Crippen LogP contribution is 2.19. The average molecular weight is 443 g/mol. The molecule has 0 bridgehead atoms. The lowest BCUT2D eigenvalue weighted by Crippen LogP contribution is -2.43. The van der Waals surface area contributed by atoms with Crippen molar-refractivity contribution in [3.63, 3.8) is 0 Å². The van der Waals surface area contributed by atoms with Crippen molar-refractivity contribution < 1.29 is 9.59 Å². The van der Waals surface area contributed by atoms with Crippen LogP contribution in [-0.4, -0.2) is 21.6 Å². The van der Waals surface area contributed by atoms with Gasteiger partial charge in [-0.2, -0.15) is 5.10 Å². The molecule has 33 heavy (non-hydrogen) atoms. The number of fused-ring (bicyclic) bond motifs is 2. The minimum absolute atomic E-state index is 0.104. The molecule has 0 aliphatic carbocycles. The van der Waals surface area contributed by atoms with Crippen molar-refractivity contribution in [2.75, 3.05) is 0 Å². The standard InChI is InChI=1S/C26H26N4O3/c1-2-3-8-16-30-26(33)22-15-7-6-14-21(22)24(29-30)25(32)28-27-23(31)17-19-12-9-11-18-10-4-5-13-20(18)19/h4-7,9-15H,2-3,8,16-17H2,1H3,(H,27,31)(H,28,32). The van der Waals surface area contributed by atoms with E-state index in [1.165, 1.54) is 4.68 Å². The zero-order valence-electron chi connectivity index (χ0n) is 18.5. The first-order valence-corrected chi connectivity index (χ1v) is 11.1. The predicted octanol–water partition coefficient (Wildman–Crippen LogP) is 3.74. The number of hydrazine groups is 1. The molecule has 0 spiro atoms. The van der Waals surface area contributed by atoms with Gasteiger partial charge in [0.05, 0.1) is 11.8 Å². The molecule has 4 rings (SSSR count). The number of hydrogen-bond donors (Lipinski definition) is 2.